The average molecular weight is 241 g/mol. The van der Waals surface area contributed by atoms with E-state index in [9.17, 15) is 9.90 Å². The van der Waals surface area contributed by atoms with Crippen LogP contribution < -0.4 is 0 Å². The Morgan fingerprint density at radius 3 is 2.41 bits per heavy atom. The van der Waals surface area contributed by atoms with Crippen LogP contribution >= 0.6 is 0 Å². The first-order valence-corrected chi connectivity index (χ1v) is 6.38. The fraction of sp³-hybridized carbons (Fsp3) is 0.923. The first kappa shape index (κ1) is 12.7. The molecule has 1 unspecified atom stereocenters. The Hall–Kier alpha value is -0.770. The lowest BCUT2D eigenvalue weighted by atomic mass is 9.66. The molecule has 1 aliphatic carbocycles. The zero-order chi connectivity index (χ0) is 12.8. The molecule has 2 aliphatic rings. The third kappa shape index (κ3) is 2.57. The van der Waals surface area contributed by atoms with Crippen molar-refractivity contribution in [2.45, 2.75) is 64.7 Å². The Kier molecular flexibility index (Phi) is 2.89. The van der Waals surface area contributed by atoms with Gasteiger partial charge in [0.25, 0.3) is 0 Å². The maximum Gasteiger partial charge on any atom is 0.410 e. The zero-order valence-corrected chi connectivity index (χ0v) is 11.2. The third-order valence-electron chi connectivity index (χ3n) is 3.73. The Morgan fingerprint density at radius 2 is 1.94 bits per heavy atom. The topological polar surface area (TPSA) is 49.8 Å². The summed E-state index contributed by atoms with van der Waals surface area (Å²) in [7, 11) is 0. The lowest BCUT2D eigenvalue weighted by Gasteiger charge is -2.42. The summed E-state index contributed by atoms with van der Waals surface area (Å²) in [6, 6.07) is 0.220. The second kappa shape index (κ2) is 3.87. The molecular formula is C13H23NO3. The fourth-order valence-electron chi connectivity index (χ4n) is 3.12. The average Bonchev–Trinajstić information content (AvgIpc) is 2.39. The molecule has 1 N–H and O–H groups in total. The summed E-state index contributed by atoms with van der Waals surface area (Å²) in [5, 5.41) is 9.44. The smallest absolute Gasteiger partial charge is 0.410 e. The summed E-state index contributed by atoms with van der Waals surface area (Å²) in [4.78, 5) is 13.8. The molecule has 1 saturated heterocycles. The predicted molar refractivity (Wildman–Crippen MR) is 64.7 cm³/mol. The first-order chi connectivity index (χ1) is 7.71. The van der Waals surface area contributed by atoms with Crippen LogP contribution in [0.1, 0.15) is 47.0 Å². The van der Waals surface area contributed by atoms with Gasteiger partial charge >= 0.3 is 6.09 Å². The van der Waals surface area contributed by atoms with Crippen LogP contribution in [0.5, 0.6) is 0 Å². The molecule has 0 aromatic rings. The highest BCUT2D eigenvalue weighted by Gasteiger charge is 2.52. The van der Waals surface area contributed by atoms with Crippen molar-refractivity contribution in [1.82, 2.24) is 4.90 Å². The molecular weight excluding hydrogens is 218 g/mol. The molecule has 1 atom stereocenters. The molecule has 2 rings (SSSR count). The molecule has 0 bridgehead atoms. The summed E-state index contributed by atoms with van der Waals surface area (Å²) in [6.07, 6.45) is 2.26. The van der Waals surface area contributed by atoms with Crippen molar-refractivity contribution in [3.8, 4) is 0 Å². The zero-order valence-electron chi connectivity index (χ0n) is 11.2. The van der Waals surface area contributed by atoms with E-state index in [1.54, 1.807) is 0 Å². The normalized spacial score (nSPS) is 37.1. The summed E-state index contributed by atoms with van der Waals surface area (Å²) < 4.78 is 5.41. The number of carbonyl (C=O) groups is 1. The number of ether oxygens (including phenoxy) is 1. The standard InChI is InChI=1S/C13H23NO3/c1-9-5-13(6-10(15)7-13)8-14(9)11(16)17-12(2,3)4/h9-10,15H,5-8H2,1-4H3. The van der Waals surface area contributed by atoms with Crippen LogP contribution in [0, 0.1) is 5.41 Å². The van der Waals surface area contributed by atoms with Crippen molar-refractivity contribution >= 4 is 6.09 Å². The van der Waals surface area contributed by atoms with Gasteiger partial charge in [-0.2, -0.15) is 0 Å². The van der Waals surface area contributed by atoms with Gasteiger partial charge in [-0.3, -0.25) is 0 Å². The molecule has 0 aromatic heterocycles. The van der Waals surface area contributed by atoms with Gasteiger partial charge in [-0.05, 0) is 52.4 Å². The second-order valence-corrected chi connectivity index (χ2v) is 6.72. The number of aliphatic hydroxyl groups is 1. The van der Waals surface area contributed by atoms with Crippen molar-refractivity contribution in [3.63, 3.8) is 0 Å². The maximum atomic E-state index is 12.0. The summed E-state index contributed by atoms with van der Waals surface area (Å²) in [6.45, 7) is 8.45. The number of rotatable bonds is 0. The van der Waals surface area contributed by atoms with E-state index in [-0.39, 0.29) is 23.7 Å². The quantitative estimate of drug-likeness (QED) is 0.707. The molecule has 1 saturated carbocycles. The van der Waals surface area contributed by atoms with Crippen LogP contribution in [-0.2, 0) is 4.74 Å². The molecule has 17 heavy (non-hydrogen) atoms. The number of aliphatic hydroxyl groups excluding tert-OH is 1. The number of nitrogens with zero attached hydrogens (tertiary/aromatic N) is 1. The Balaban J connectivity index is 1.96. The van der Waals surface area contributed by atoms with E-state index in [0.717, 1.165) is 25.8 Å². The molecule has 1 heterocycles. The van der Waals surface area contributed by atoms with Crippen molar-refractivity contribution in [2.75, 3.05) is 6.54 Å². The van der Waals surface area contributed by atoms with Crippen LogP contribution in [0.4, 0.5) is 4.79 Å². The van der Waals surface area contributed by atoms with Crippen molar-refractivity contribution in [3.05, 3.63) is 0 Å². The van der Waals surface area contributed by atoms with Crippen molar-refractivity contribution < 1.29 is 14.6 Å². The monoisotopic (exact) mass is 241 g/mol. The van der Waals surface area contributed by atoms with Crippen LogP contribution in [0.3, 0.4) is 0 Å². The highest BCUT2D eigenvalue weighted by molar-refractivity contribution is 5.69. The Morgan fingerprint density at radius 1 is 1.35 bits per heavy atom. The third-order valence-corrected chi connectivity index (χ3v) is 3.73. The van der Waals surface area contributed by atoms with Gasteiger partial charge in [0, 0.05) is 12.6 Å². The number of carbonyl (C=O) groups excluding carboxylic acids is 1. The first-order valence-electron chi connectivity index (χ1n) is 6.38. The second-order valence-electron chi connectivity index (χ2n) is 6.72. The number of amides is 1. The molecule has 2 fully saturated rings. The van der Waals surface area contributed by atoms with E-state index >= 15 is 0 Å². The van der Waals surface area contributed by atoms with Crippen LogP contribution in [0.25, 0.3) is 0 Å². The summed E-state index contributed by atoms with van der Waals surface area (Å²) in [5.41, 5.74) is -0.276. The minimum absolute atomic E-state index is 0.162. The van der Waals surface area contributed by atoms with Gasteiger partial charge in [-0.1, -0.05) is 0 Å². The minimum atomic E-state index is -0.439. The van der Waals surface area contributed by atoms with E-state index in [1.807, 2.05) is 25.7 Å². The predicted octanol–water partition coefficient (Wildman–Crippen LogP) is 2.16. The van der Waals surface area contributed by atoms with Gasteiger partial charge < -0.3 is 14.7 Å². The molecule has 4 nitrogen and oxygen atoms in total. The largest absolute Gasteiger partial charge is 0.444 e. The minimum Gasteiger partial charge on any atom is -0.444 e. The number of hydrogen-bond acceptors (Lipinski definition) is 3. The molecule has 4 heteroatoms. The van der Waals surface area contributed by atoms with E-state index in [1.165, 1.54) is 0 Å². The summed E-state index contributed by atoms with van der Waals surface area (Å²) in [5.74, 6) is 0. The van der Waals surface area contributed by atoms with Crippen molar-refractivity contribution in [1.29, 1.82) is 0 Å². The maximum absolute atomic E-state index is 12.0. The van der Waals surface area contributed by atoms with E-state index in [2.05, 4.69) is 6.92 Å². The van der Waals surface area contributed by atoms with Crippen LogP contribution in [0.2, 0.25) is 0 Å². The van der Waals surface area contributed by atoms with Gasteiger partial charge in [-0.15, -0.1) is 0 Å². The van der Waals surface area contributed by atoms with E-state index < -0.39 is 5.60 Å². The van der Waals surface area contributed by atoms with E-state index in [0.29, 0.717) is 0 Å². The number of likely N-dealkylation sites (tertiary alicyclic amines) is 1. The van der Waals surface area contributed by atoms with Crippen molar-refractivity contribution in [2.24, 2.45) is 5.41 Å². The van der Waals surface area contributed by atoms with Crippen LogP contribution in [-0.4, -0.2) is 40.4 Å². The fourth-order valence-corrected chi connectivity index (χ4v) is 3.12. The lowest BCUT2D eigenvalue weighted by Crippen LogP contribution is -2.44. The van der Waals surface area contributed by atoms with Gasteiger partial charge in [-0.25, -0.2) is 4.79 Å². The van der Waals surface area contributed by atoms with Gasteiger partial charge in [0.05, 0.1) is 6.10 Å². The summed E-state index contributed by atoms with van der Waals surface area (Å²) >= 11 is 0. The molecule has 1 amide bonds. The molecule has 0 aromatic carbocycles. The van der Waals surface area contributed by atoms with E-state index in [4.69, 9.17) is 4.74 Å². The van der Waals surface area contributed by atoms with Gasteiger partial charge in [0.1, 0.15) is 5.60 Å². The molecule has 1 aliphatic heterocycles. The highest BCUT2D eigenvalue weighted by atomic mass is 16.6. The number of hydrogen-bond donors (Lipinski definition) is 1. The van der Waals surface area contributed by atoms with Crippen LogP contribution in [0.15, 0.2) is 0 Å². The van der Waals surface area contributed by atoms with Gasteiger partial charge in [0.2, 0.25) is 0 Å². The van der Waals surface area contributed by atoms with Gasteiger partial charge in [0.15, 0.2) is 0 Å². The molecule has 98 valence electrons. The Bertz CT molecular complexity index is 315. The Labute approximate surface area is 103 Å². The SMILES string of the molecule is CC1CC2(CC(O)C2)CN1C(=O)OC(C)(C)C. The highest BCUT2D eigenvalue weighted by Crippen LogP contribution is 2.50. The molecule has 0 radical (unpaired) electrons. The molecule has 1 spiro atoms. The lowest BCUT2D eigenvalue weighted by molar-refractivity contribution is -0.0283.